The second-order valence-corrected chi connectivity index (χ2v) is 3.44. The SMILES string of the molecule is NC1(CNCCF)CCCC1. The zero-order valence-corrected chi connectivity index (χ0v) is 6.91. The van der Waals surface area contributed by atoms with Gasteiger partial charge in [0.1, 0.15) is 6.67 Å². The lowest BCUT2D eigenvalue weighted by atomic mass is 9.99. The van der Waals surface area contributed by atoms with E-state index < -0.39 is 0 Å². The fraction of sp³-hybridized carbons (Fsp3) is 1.00. The molecule has 0 unspecified atom stereocenters. The number of halogens is 1. The van der Waals surface area contributed by atoms with E-state index in [0.717, 1.165) is 19.4 Å². The van der Waals surface area contributed by atoms with Gasteiger partial charge >= 0.3 is 0 Å². The Balaban J connectivity index is 2.13. The second kappa shape index (κ2) is 4.02. The second-order valence-electron chi connectivity index (χ2n) is 3.44. The Bertz CT molecular complexity index is 111. The number of nitrogens with two attached hydrogens (primary N) is 1. The van der Waals surface area contributed by atoms with Crippen LogP contribution < -0.4 is 11.1 Å². The molecule has 3 N–H and O–H groups in total. The van der Waals surface area contributed by atoms with Crippen LogP contribution in [0.2, 0.25) is 0 Å². The number of nitrogens with one attached hydrogen (secondary N) is 1. The normalized spacial score (nSPS) is 22.4. The van der Waals surface area contributed by atoms with Gasteiger partial charge in [-0.2, -0.15) is 0 Å². The molecule has 1 aliphatic rings. The van der Waals surface area contributed by atoms with E-state index in [1.165, 1.54) is 12.8 Å². The zero-order chi connectivity index (χ0) is 8.16. The summed E-state index contributed by atoms with van der Waals surface area (Å²) in [5.41, 5.74) is 5.98. The predicted octanol–water partition coefficient (Wildman–Crippen LogP) is 0.817. The molecule has 0 aromatic heterocycles. The van der Waals surface area contributed by atoms with Crippen molar-refractivity contribution in [2.75, 3.05) is 19.8 Å². The molecule has 1 rings (SSSR count). The molecule has 0 atom stereocenters. The highest BCUT2D eigenvalue weighted by Gasteiger charge is 2.28. The van der Waals surface area contributed by atoms with Crippen LogP contribution in [0.4, 0.5) is 4.39 Å². The maximum Gasteiger partial charge on any atom is 0.102 e. The minimum Gasteiger partial charge on any atom is -0.324 e. The van der Waals surface area contributed by atoms with Crippen molar-refractivity contribution in [3.63, 3.8) is 0 Å². The fourth-order valence-corrected chi connectivity index (χ4v) is 1.66. The van der Waals surface area contributed by atoms with Crippen LogP contribution in [0.5, 0.6) is 0 Å². The summed E-state index contributed by atoms with van der Waals surface area (Å²) in [7, 11) is 0. The van der Waals surface area contributed by atoms with Crippen molar-refractivity contribution in [3.05, 3.63) is 0 Å². The van der Waals surface area contributed by atoms with E-state index in [0.29, 0.717) is 6.54 Å². The van der Waals surface area contributed by atoms with Gasteiger partial charge < -0.3 is 11.1 Å². The number of hydrogen-bond acceptors (Lipinski definition) is 2. The Morgan fingerprint density at radius 2 is 2.00 bits per heavy atom. The summed E-state index contributed by atoms with van der Waals surface area (Å²) in [4.78, 5) is 0. The number of alkyl halides is 1. The first-order valence-electron chi connectivity index (χ1n) is 4.32. The predicted molar refractivity (Wildman–Crippen MR) is 44.2 cm³/mol. The molecule has 0 heterocycles. The maximum absolute atomic E-state index is 11.7. The van der Waals surface area contributed by atoms with Crippen molar-refractivity contribution < 1.29 is 4.39 Å². The highest BCUT2D eigenvalue weighted by Crippen LogP contribution is 2.26. The zero-order valence-electron chi connectivity index (χ0n) is 6.91. The highest BCUT2D eigenvalue weighted by molar-refractivity contribution is 4.90. The molecular formula is C8H17FN2. The van der Waals surface area contributed by atoms with Crippen molar-refractivity contribution in [1.29, 1.82) is 0 Å². The van der Waals surface area contributed by atoms with Crippen LogP contribution in [0.3, 0.4) is 0 Å². The Morgan fingerprint density at radius 1 is 1.36 bits per heavy atom. The van der Waals surface area contributed by atoms with Gasteiger partial charge in [0.15, 0.2) is 0 Å². The van der Waals surface area contributed by atoms with Crippen LogP contribution in [0, 0.1) is 0 Å². The molecule has 1 aliphatic carbocycles. The topological polar surface area (TPSA) is 38.0 Å². The summed E-state index contributed by atoms with van der Waals surface area (Å²) in [6, 6.07) is 0. The van der Waals surface area contributed by atoms with Crippen LogP contribution in [-0.4, -0.2) is 25.3 Å². The van der Waals surface area contributed by atoms with E-state index >= 15 is 0 Å². The van der Waals surface area contributed by atoms with Gasteiger partial charge in [-0.05, 0) is 12.8 Å². The lowest BCUT2D eigenvalue weighted by Gasteiger charge is -2.23. The number of rotatable bonds is 4. The largest absolute Gasteiger partial charge is 0.324 e. The van der Waals surface area contributed by atoms with Gasteiger partial charge in [-0.1, -0.05) is 12.8 Å². The molecule has 1 saturated carbocycles. The molecule has 0 aromatic carbocycles. The van der Waals surface area contributed by atoms with Gasteiger partial charge in [0.2, 0.25) is 0 Å². The Kier molecular flexibility index (Phi) is 3.27. The summed E-state index contributed by atoms with van der Waals surface area (Å²) in [6.45, 7) is 0.923. The molecular weight excluding hydrogens is 143 g/mol. The summed E-state index contributed by atoms with van der Waals surface area (Å²) in [5.74, 6) is 0. The van der Waals surface area contributed by atoms with Crippen LogP contribution in [0.1, 0.15) is 25.7 Å². The van der Waals surface area contributed by atoms with Gasteiger partial charge in [0.05, 0.1) is 0 Å². The summed E-state index contributed by atoms with van der Waals surface area (Å²) in [5, 5.41) is 3.02. The smallest absolute Gasteiger partial charge is 0.102 e. The first-order chi connectivity index (χ1) is 5.27. The molecule has 0 bridgehead atoms. The molecule has 0 saturated heterocycles. The summed E-state index contributed by atoms with van der Waals surface area (Å²) >= 11 is 0. The van der Waals surface area contributed by atoms with Gasteiger partial charge in [-0.3, -0.25) is 0 Å². The van der Waals surface area contributed by atoms with E-state index in [4.69, 9.17) is 5.73 Å². The molecule has 1 fully saturated rings. The molecule has 0 aliphatic heterocycles. The van der Waals surface area contributed by atoms with Crippen molar-refractivity contribution in [2.45, 2.75) is 31.2 Å². The van der Waals surface area contributed by atoms with Crippen molar-refractivity contribution in [3.8, 4) is 0 Å². The average Bonchev–Trinajstić information content (AvgIpc) is 2.38. The van der Waals surface area contributed by atoms with Crippen molar-refractivity contribution in [2.24, 2.45) is 5.73 Å². The quantitative estimate of drug-likeness (QED) is 0.597. The van der Waals surface area contributed by atoms with Gasteiger partial charge in [-0.15, -0.1) is 0 Å². The first-order valence-corrected chi connectivity index (χ1v) is 4.32. The molecule has 0 radical (unpaired) electrons. The van der Waals surface area contributed by atoms with E-state index in [1.54, 1.807) is 0 Å². The fourth-order valence-electron chi connectivity index (χ4n) is 1.66. The van der Waals surface area contributed by atoms with Crippen LogP contribution in [0.25, 0.3) is 0 Å². The van der Waals surface area contributed by atoms with Crippen LogP contribution in [0.15, 0.2) is 0 Å². The molecule has 2 nitrogen and oxygen atoms in total. The van der Waals surface area contributed by atoms with E-state index in [-0.39, 0.29) is 12.2 Å². The Morgan fingerprint density at radius 3 is 2.55 bits per heavy atom. The standard InChI is InChI=1S/C8H17FN2/c9-5-6-11-7-8(10)3-1-2-4-8/h11H,1-7,10H2. The molecule has 11 heavy (non-hydrogen) atoms. The lowest BCUT2D eigenvalue weighted by Crippen LogP contribution is -2.46. The molecule has 0 aromatic rings. The minimum atomic E-state index is -0.296. The maximum atomic E-state index is 11.7. The minimum absolute atomic E-state index is 0.0326. The van der Waals surface area contributed by atoms with Crippen molar-refractivity contribution in [1.82, 2.24) is 5.32 Å². The third kappa shape index (κ3) is 2.75. The highest BCUT2D eigenvalue weighted by atomic mass is 19.1. The molecule has 3 heteroatoms. The van der Waals surface area contributed by atoms with E-state index in [9.17, 15) is 4.39 Å². The van der Waals surface area contributed by atoms with E-state index in [1.807, 2.05) is 0 Å². The van der Waals surface area contributed by atoms with Crippen LogP contribution in [-0.2, 0) is 0 Å². The first kappa shape index (κ1) is 8.94. The third-order valence-electron chi connectivity index (χ3n) is 2.35. The van der Waals surface area contributed by atoms with Crippen molar-refractivity contribution >= 4 is 0 Å². The summed E-state index contributed by atoms with van der Waals surface area (Å²) < 4.78 is 11.7. The summed E-state index contributed by atoms with van der Waals surface area (Å²) in [6.07, 6.45) is 4.64. The average molecular weight is 160 g/mol. The number of hydrogen-bond donors (Lipinski definition) is 2. The van der Waals surface area contributed by atoms with Crippen LogP contribution >= 0.6 is 0 Å². The Hall–Kier alpha value is -0.150. The molecule has 0 spiro atoms. The lowest BCUT2D eigenvalue weighted by molar-refractivity contribution is 0.385. The van der Waals surface area contributed by atoms with Gasteiger partial charge in [0.25, 0.3) is 0 Å². The third-order valence-corrected chi connectivity index (χ3v) is 2.35. The molecule has 66 valence electrons. The van der Waals surface area contributed by atoms with E-state index in [2.05, 4.69) is 5.32 Å². The molecule has 0 amide bonds. The Labute approximate surface area is 67.3 Å². The monoisotopic (exact) mass is 160 g/mol. The van der Waals surface area contributed by atoms with Gasteiger partial charge in [0, 0.05) is 18.6 Å². The van der Waals surface area contributed by atoms with Gasteiger partial charge in [-0.25, -0.2) is 4.39 Å².